The summed E-state index contributed by atoms with van der Waals surface area (Å²) in [5, 5.41) is 0.558. The van der Waals surface area contributed by atoms with Gasteiger partial charge in [-0.25, -0.2) is 23.1 Å². The van der Waals surface area contributed by atoms with Crippen LogP contribution in [0, 0.1) is 11.8 Å². The number of piperidine rings is 1. The third-order valence-electron chi connectivity index (χ3n) is 5.74. The molecule has 1 N–H and O–H groups in total. The van der Waals surface area contributed by atoms with Gasteiger partial charge in [0.2, 0.25) is 10.0 Å². The van der Waals surface area contributed by atoms with Crippen LogP contribution in [0.5, 0.6) is 0 Å². The highest BCUT2D eigenvalue weighted by Gasteiger charge is 2.57. The van der Waals surface area contributed by atoms with Crippen molar-refractivity contribution in [3.8, 4) is 11.4 Å². The number of imidazole rings is 1. The summed E-state index contributed by atoms with van der Waals surface area (Å²) < 4.78 is 27.7. The maximum atomic E-state index is 11.4. The summed E-state index contributed by atoms with van der Waals surface area (Å²) in [7, 11) is -1.18. The van der Waals surface area contributed by atoms with Gasteiger partial charge in [-0.1, -0.05) is 23.7 Å². The molecule has 28 heavy (non-hydrogen) atoms. The van der Waals surface area contributed by atoms with Crippen molar-refractivity contribution in [1.82, 2.24) is 19.3 Å². The van der Waals surface area contributed by atoms with E-state index in [-0.39, 0.29) is 6.04 Å². The van der Waals surface area contributed by atoms with Gasteiger partial charge in [-0.3, -0.25) is 0 Å². The molecule has 9 heteroatoms. The Morgan fingerprint density at radius 1 is 1.21 bits per heavy atom. The second kappa shape index (κ2) is 6.17. The van der Waals surface area contributed by atoms with Crippen LogP contribution in [0.4, 0.5) is 5.82 Å². The van der Waals surface area contributed by atoms with Crippen molar-refractivity contribution in [3.63, 3.8) is 0 Å². The minimum atomic E-state index is -3.16. The minimum absolute atomic E-state index is 0.0536. The van der Waals surface area contributed by atoms with Gasteiger partial charge < -0.3 is 9.47 Å². The second-order valence-corrected chi connectivity index (χ2v) is 9.84. The van der Waals surface area contributed by atoms with Crippen LogP contribution in [0.2, 0.25) is 5.02 Å². The van der Waals surface area contributed by atoms with Crippen molar-refractivity contribution < 1.29 is 8.42 Å². The molecule has 5 rings (SSSR count). The fourth-order valence-corrected chi connectivity index (χ4v) is 5.33. The van der Waals surface area contributed by atoms with Crippen LogP contribution in [-0.2, 0) is 17.1 Å². The van der Waals surface area contributed by atoms with Crippen molar-refractivity contribution in [2.45, 2.75) is 6.04 Å². The summed E-state index contributed by atoms with van der Waals surface area (Å²) in [5.41, 5.74) is 2.81. The number of rotatable bonds is 4. The lowest BCUT2D eigenvalue weighted by Crippen LogP contribution is -2.34. The number of halogens is 1. The van der Waals surface area contributed by atoms with Gasteiger partial charge in [0, 0.05) is 37.9 Å². The van der Waals surface area contributed by atoms with Crippen LogP contribution in [0.3, 0.4) is 0 Å². The lowest BCUT2D eigenvalue weighted by molar-refractivity contribution is 0.576. The van der Waals surface area contributed by atoms with Gasteiger partial charge in [-0.2, -0.15) is 0 Å². The standard InChI is InChI=1S/C19H20ClN5O2S/c1-24-16-6-4-3-5-15(16)22-19(24)11-7-17(21-8-14(11)20)25-9-12-13(10-25)18(12)23-28(2,26)27/h3-8,12-13,18,23H,9-10H2,1-2H3. The Balaban J connectivity index is 1.43. The number of nitrogens with one attached hydrogen (secondary N) is 1. The Hall–Kier alpha value is -2.16. The number of fused-ring (bicyclic) bond motifs is 2. The number of hydrogen-bond donors (Lipinski definition) is 1. The number of anilines is 1. The first-order valence-electron chi connectivity index (χ1n) is 9.11. The first-order valence-corrected chi connectivity index (χ1v) is 11.4. The number of aromatic nitrogens is 3. The molecule has 3 aromatic rings. The van der Waals surface area contributed by atoms with E-state index in [4.69, 9.17) is 16.6 Å². The summed E-state index contributed by atoms with van der Waals surface area (Å²) >= 11 is 6.46. The zero-order valence-corrected chi connectivity index (χ0v) is 17.1. The lowest BCUT2D eigenvalue weighted by Gasteiger charge is -2.21. The number of pyridine rings is 1. The van der Waals surface area contributed by atoms with Crippen molar-refractivity contribution in [2.24, 2.45) is 18.9 Å². The Kier molecular flexibility index (Phi) is 3.94. The van der Waals surface area contributed by atoms with Crippen molar-refractivity contribution in [1.29, 1.82) is 0 Å². The molecule has 0 radical (unpaired) electrons. The smallest absolute Gasteiger partial charge is 0.208 e. The molecule has 2 unspecified atom stereocenters. The molecule has 0 spiro atoms. The van der Waals surface area contributed by atoms with E-state index in [1.165, 1.54) is 6.26 Å². The van der Waals surface area contributed by atoms with Gasteiger partial charge in [0.1, 0.15) is 11.6 Å². The normalized spacial score (nSPS) is 24.0. The SMILES string of the molecule is Cn1c(-c2cc(N3CC4C(C3)C4NS(C)(=O)=O)ncc2Cl)nc2ccccc21. The number of benzene rings is 1. The summed E-state index contributed by atoms with van der Waals surface area (Å²) in [5.74, 6) is 2.32. The molecule has 1 aliphatic carbocycles. The van der Waals surface area contributed by atoms with E-state index in [9.17, 15) is 8.42 Å². The van der Waals surface area contributed by atoms with Gasteiger partial charge in [0.05, 0.1) is 22.3 Å². The molecular formula is C19H20ClN5O2S. The third kappa shape index (κ3) is 2.96. The molecule has 0 bridgehead atoms. The predicted molar refractivity (Wildman–Crippen MR) is 110 cm³/mol. The Morgan fingerprint density at radius 2 is 1.93 bits per heavy atom. The monoisotopic (exact) mass is 417 g/mol. The van der Waals surface area contributed by atoms with E-state index < -0.39 is 10.0 Å². The van der Waals surface area contributed by atoms with Crippen LogP contribution in [0.1, 0.15) is 0 Å². The average molecular weight is 418 g/mol. The maximum Gasteiger partial charge on any atom is 0.208 e. The van der Waals surface area contributed by atoms with Gasteiger partial charge in [-0.05, 0) is 30.0 Å². The number of hydrogen-bond acceptors (Lipinski definition) is 5. The molecule has 0 amide bonds. The Morgan fingerprint density at radius 3 is 2.61 bits per heavy atom. The number of nitrogens with zero attached hydrogens (tertiary/aromatic N) is 4. The van der Waals surface area contributed by atoms with Crippen LogP contribution in [-0.4, -0.2) is 48.3 Å². The molecule has 1 aromatic carbocycles. The fourth-order valence-electron chi connectivity index (χ4n) is 4.29. The van der Waals surface area contributed by atoms with Gasteiger partial charge in [0.25, 0.3) is 0 Å². The predicted octanol–water partition coefficient (Wildman–Crippen LogP) is 2.27. The van der Waals surface area contributed by atoms with Gasteiger partial charge in [0.15, 0.2) is 0 Å². The lowest BCUT2D eigenvalue weighted by atomic mass is 10.2. The molecular weight excluding hydrogens is 398 g/mol. The van der Waals surface area contributed by atoms with E-state index in [0.29, 0.717) is 16.9 Å². The molecule has 2 fully saturated rings. The van der Waals surface area contributed by atoms with Crippen LogP contribution >= 0.6 is 11.6 Å². The van der Waals surface area contributed by atoms with E-state index in [2.05, 4.69) is 14.6 Å². The highest BCUT2D eigenvalue weighted by atomic mass is 35.5. The molecule has 2 aromatic heterocycles. The summed E-state index contributed by atoms with van der Waals surface area (Å²) in [6, 6.07) is 10.0. The summed E-state index contributed by atoms with van der Waals surface area (Å²) in [6.07, 6.45) is 2.88. The highest BCUT2D eigenvalue weighted by molar-refractivity contribution is 7.88. The van der Waals surface area contributed by atoms with Crippen LogP contribution in [0.25, 0.3) is 22.4 Å². The highest BCUT2D eigenvalue weighted by Crippen LogP contribution is 2.47. The van der Waals surface area contributed by atoms with E-state index >= 15 is 0 Å². The second-order valence-electron chi connectivity index (χ2n) is 7.65. The van der Waals surface area contributed by atoms with Gasteiger partial charge in [-0.15, -0.1) is 0 Å². The third-order valence-corrected chi connectivity index (χ3v) is 6.74. The quantitative estimate of drug-likeness (QED) is 0.704. The molecule has 1 saturated carbocycles. The van der Waals surface area contributed by atoms with Crippen molar-refractivity contribution in [2.75, 3.05) is 24.2 Å². The zero-order valence-electron chi connectivity index (χ0n) is 15.5. The van der Waals surface area contributed by atoms with Crippen LogP contribution in [0.15, 0.2) is 36.5 Å². The summed E-state index contributed by atoms with van der Waals surface area (Å²) in [4.78, 5) is 11.4. The zero-order chi connectivity index (χ0) is 19.6. The topological polar surface area (TPSA) is 80.1 Å². The average Bonchev–Trinajstić information content (AvgIpc) is 2.99. The number of sulfonamides is 1. The molecule has 3 heterocycles. The van der Waals surface area contributed by atoms with Crippen LogP contribution < -0.4 is 9.62 Å². The minimum Gasteiger partial charge on any atom is -0.356 e. The number of aryl methyl sites for hydroxylation is 1. The van der Waals surface area contributed by atoms with E-state index in [0.717, 1.165) is 41.3 Å². The van der Waals surface area contributed by atoms with E-state index in [1.54, 1.807) is 6.20 Å². The molecule has 146 valence electrons. The molecule has 2 atom stereocenters. The van der Waals surface area contributed by atoms with E-state index in [1.807, 2.05) is 41.9 Å². The molecule has 7 nitrogen and oxygen atoms in total. The van der Waals surface area contributed by atoms with Gasteiger partial charge >= 0.3 is 0 Å². The molecule has 2 aliphatic rings. The van der Waals surface area contributed by atoms with Crippen molar-refractivity contribution >= 4 is 38.5 Å². The first kappa shape index (κ1) is 17.9. The maximum absolute atomic E-state index is 11.4. The largest absolute Gasteiger partial charge is 0.356 e. The fraction of sp³-hybridized carbons (Fsp3) is 0.368. The molecule has 1 saturated heterocycles. The molecule has 1 aliphatic heterocycles. The summed E-state index contributed by atoms with van der Waals surface area (Å²) in [6.45, 7) is 1.57. The Labute approximate surface area is 168 Å². The first-order chi connectivity index (χ1) is 13.3. The van der Waals surface area contributed by atoms with Crippen molar-refractivity contribution in [3.05, 3.63) is 41.6 Å². The Bertz CT molecular complexity index is 1180. The number of para-hydroxylation sites is 2.